The van der Waals surface area contributed by atoms with Crippen molar-refractivity contribution in [2.75, 3.05) is 25.0 Å². The number of pyridine rings is 1. The van der Waals surface area contributed by atoms with E-state index in [-0.39, 0.29) is 6.10 Å². The molecule has 0 bridgehead atoms. The summed E-state index contributed by atoms with van der Waals surface area (Å²) in [4.78, 5) is 7.20. The van der Waals surface area contributed by atoms with Crippen molar-refractivity contribution in [3.63, 3.8) is 0 Å². The number of rotatable bonds is 6. The van der Waals surface area contributed by atoms with Gasteiger partial charge in [0.1, 0.15) is 16.9 Å². The largest absolute Gasteiger partial charge is 0.369 e. The first kappa shape index (κ1) is 19.0. The summed E-state index contributed by atoms with van der Waals surface area (Å²) in [5, 5.41) is 13.4. The second-order valence-electron chi connectivity index (χ2n) is 6.95. The lowest BCUT2D eigenvalue weighted by atomic mass is 10.1. The molecule has 1 fully saturated rings. The average Bonchev–Trinajstić information content (AvgIpc) is 3.18. The first-order chi connectivity index (χ1) is 13.7. The van der Waals surface area contributed by atoms with Crippen LogP contribution >= 0.6 is 11.3 Å². The molecular weight excluding hydrogens is 370 g/mol. The van der Waals surface area contributed by atoms with Gasteiger partial charge in [-0.15, -0.1) is 10.2 Å². The van der Waals surface area contributed by atoms with Crippen molar-refractivity contribution in [2.45, 2.75) is 32.9 Å². The Morgan fingerprint density at radius 3 is 2.89 bits per heavy atom. The molecule has 7 heteroatoms. The van der Waals surface area contributed by atoms with E-state index in [4.69, 9.17) is 9.72 Å². The van der Waals surface area contributed by atoms with Crippen LogP contribution in [0.1, 0.15) is 34.9 Å². The third kappa shape index (κ3) is 4.55. The minimum Gasteiger partial charge on any atom is -0.369 e. The molecule has 1 N–H and O–H groups in total. The molecule has 4 rings (SSSR count). The molecule has 1 atom stereocenters. The fourth-order valence-corrected chi connectivity index (χ4v) is 4.00. The Morgan fingerprint density at radius 2 is 2.07 bits per heavy atom. The molecule has 0 radical (unpaired) electrons. The summed E-state index contributed by atoms with van der Waals surface area (Å²) < 4.78 is 6.03. The molecule has 0 saturated carbocycles. The summed E-state index contributed by atoms with van der Waals surface area (Å²) in [5.41, 5.74) is 3.65. The summed E-state index contributed by atoms with van der Waals surface area (Å²) in [6.45, 7) is 7.67. The number of anilines is 2. The van der Waals surface area contributed by atoms with Crippen LogP contribution < -0.4 is 5.32 Å². The Morgan fingerprint density at radius 1 is 1.18 bits per heavy atom. The minimum absolute atomic E-state index is 0.0276. The van der Waals surface area contributed by atoms with Crippen LogP contribution in [0.4, 0.5) is 10.9 Å². The molecule has 2 aromatic heterocycles. The lowest BCUT2D eigenvalue weighted by molar-refractivity contribution is -0.0349. The van der Waals surface area contributed by atoms with Crippen LogP contribution in [0.2, 0.25) is 0 Å². The number of hydrogen-bond donors (Lipinski definition) is 1. The molecule has 1 saturated heterocycles. The third-order valence-electron chi connectivity index (χ3n) is 4.91. The van der Waals surface area contributed by atoms with Crippen molar-refractivity contribution in [3.05, 3.63) is 64.3 Å². The zero-order valence-corrected chi connectivity index (χ0v) is 17.1. The highest BCUT2D eigenvalue weighted by Gasteiger charge is 2.23. The number of nitrogens with zero attached hydrogens (tertiary/aromatic N) is 4. The van der Waals surface area contributed by atoms with Gasteiger partial charge in [-0.2, -0.15) is 0 Å². The molecule has 146 valence electrons. The van der Waals surface area contributed by atoms with Crippen molar-refractivity contribution in [1.29, 1.82) is 0 Å². The normalized spacial score (nSPS) is 17.6. The van der Waals surface area contributed by atoms with Crippen molar-refractivity contribution in [1.82, 2.24) is 20.1 Å². The van der Waals surface area contributed by atoms with E-state index in [2.05, 4.69) is 58.5 Å². The summed E-state index contributed by atoms with van der Waals surface area (Å²) >= 11 is 1.56. The molecule has 6 nitrogen and oxygen atoms in total. The van der Waals surface area contributed by atoms with Gasteiger partial charge in [-0.3, -0.25) is 4.90 Å². The molecule has 28 heavy (non-hydrogen) atoms. The van der Waals surface area contributed by atoms with Gasteiger partial charge >= 0.3 is 0 Å². The van der Waals surface area contributed by atoms with Crippen molar-refractivity contribution < 1.29 is 4.74 Å². The predicted octanol–water partition coefficient (Wildman–Crippen LogP) is 4.12. The van der Waals surface area contributed by atoms with Gasteiger partial charge in [0, 0.05) is 19.6 Å². The van der Waals surface area contributed by atoms with Gasteiger partial charge in [-0.05, 0) is 36.6 Å². The molecule has 3 heterocycles. The Labute approximate surface area is 169 Å². The fraction of sp³-hybridized carbons (Fsp3) is 0.381. The summed E-state index contributed by atoms with van der Waals surface area (Å²) in [6, 6.07) is 14.6. The van der Waals surface area contributed by atoms with E-state index in [1.54, 1.807) is 11.3 Å². The van der Waals surface area contributed by atoms with Gasteiger partial charge in [0.2, 0.25) is 5.13 Å². The Bertz CT molecular complexity index is 928. The van der Waals surface area contributed by atoms with Crippen molar-refractivity contribution in [3.8, 4) is 0 Å². The number of hydrogen-bond acceptors (Lipinski definition) is 7. The maximum absolute atomic E-state index is 6.03. The average molecular weight is 396 g/mol. The Kier molecular flexibility index (Phi) is 5.95. The van der Waals surface area contributed by atoms with Gasteiger partial charge in [0.15, 0.2) is 0 Å². The highest BCUT2D eigenvalue weighted by Crippen LogP contribution is 2.25. The molecule has 1 aliphatic heterocycles. The van der Waals surface area contributed by atoms with Crippen molar-refractivity contribution in [2.24, 2.45) is 0 Å². The van der Waals surface area contributed by atoms with E-state index in [0.29, 0.717) is 6.61 Å². The number of morpholine rings is 1. The number of aromatic nitrogens is 3. The molecule has 1 aromatic carbocycles. The molecule has 1 unspecified atom stereocenters. The van der Waals surface area contributed by atoms with E-state index >= 15 is 0 Å². The lowest BCUT2D eigenvalue weighted by Crippen LogP contribution is -2.38. The molecule has 0 aliphatic carbocycles. The van der Waals surface area contributed by atoms with Crippen LogP contribution in [0.25, 0.3) is 0 Å². The maximum atomic E-state index is 6.03. The second kappa shape index (κ2) is 8.77. The fourth-order valence-electron chi connectivity index (χ4n) is 3.31. The molecule has 0 spiro atoms. The van der Waals surface area contributed by atoms with Crippen LogP contribution in [-0.2, 0) is 17.7 Å². The maximum Gasteiger partial charge on any atom is 0.211 e. The first-order valence-corrected chi connectivity index (χ1v) is 10.5. The Hall–Kier alpha value is -2.35. The summed E-state index contributed by atoms with van der Waals surface area (Å²) in [6.07, 6.45) is 0.861. The monoisotopic (exact) mass is 395 g/mol. The summed E-state index contributed by atoms with van der Waals surface area (Å²) in [5.74, 6) is 0.774. The highest BCUT2D eigenvalue weighted by atomic mass is 32.1. The highest BCUT2D eigenvalue weighted by molar-refractivity contribution is 7.15. The van der Waals surface area contributed by atoms with Crippen LogP contribution in [0.3, 0.4) is 0 Å². The number of ether oxygens (including phenoxy) is 1. The van der Waals surface area contributed by atoms with Crippen LogP contribution in [0.15, 0.2) is 42.5 Å². The predicted molar refractivity (Wildman–Crippen MR) is 112 cm³/mol. The zero-order chi connectivity index (χ0) is 19.3. The van der Waals surface area contributed by atoms with Gasteiger partial charge in [-0.25, -0.2) is 4.98 Å². The van der Waals surface area contributed by atoms with Crippen LogP contribution in [0.5, 0.6) is 0 Å². The summed E-state index contributed by atoms with van der Waals surface area (Å²) in [7, 11) is 0. The smallest absolute Gasteiger partial charge is 0.211 e. The van der Waals surface area contributed by atoms with Crippen LogP contribution in [-0.4, -0.2) is 39.8 Å². The SMILES string of the molecule is CCc1nnc(Nc2cccc(C3CN(Cc4ccccc4C)CCO3)n2)s1. The van der Waals surface area contributed by atoms with E-state index in [9.17, 15) is 0 Å². The van der Waals surface area contributed by atoms with Gasteiger partial charge in [-0.1, -0.05) is 48.6 Å². The molecule has 0 amide bonds. The van der Waals surface area contributed by atoms with Gasteiger partial charge in [0.25, 0.3) is 0 Å². The quantitative estimate of drug-likeness (QED) is 0.677. The third-order valence-corrected chi connectivity index (χ3v) is 5.89. The minimum atomic E-state index is -0.0276. The van der Waals surface area contributed by atoms with E-state index < -0.39 is 0 Å². The number of nitrogens with one attached hydrogen (secondary N) is 1. The van der Waals surface area contributed by atoms with Crippen LogP contribution in [0, 0.1) is 6.92 Å². The lowest BCUT2D eigenvalue weighted by Gasteiger charge is -2.33. The molecular formula is C21H25N5OS. The zero-order valence-electron chi connectivity index (χ0n) is 16.3. The van der Waals surface area contributed by atoms with E-state index in [0.717, 1.165) is 47.7 Å². The van der Waals surface area contributed by atoms with Crippen molar-refractivity contribution >= 4 is 22.3 Å². The van der Waals surface area contributed by atoms with Gasteiger partial charge in [0.05, 0.1) is 12.3 Å². The molecule has 1 aliphatic rings. The first-order valence-electron chi connectivity index (χ1n) is 9.66. The second-order valence-corrected chi connectivity index (χ2v) is 8.01. The standard InChI is InChI=1S/C21H25N5OS/c1-3-20-24-25-21(28-20)23-19-10-6-9-17(22-19)18-14-26(11-12-27-18)13-16-8-5-4-7-15(16)2/h4-10,18H,3,11-14H2,1-2H3,(H,22,23,25). The topological polar surface area (TPSA) is 63.2 Å². The number of aryl methyl sites for hydroxylation is 2. The molecule has 3 aromatic rings. The Balaban J connectivity index is 1.44. The van der Waals surface area contributed by atoms with E-state index in [1.165, 1.54) is 11.1 Å². The van der Waals surface area contributed by atoms with E-state index in [1.807, 2.05) is 18.2 Å². The number of benzene rings is 1. The van der Waals surface area contributed by atoms with Gasteiger partial charge < -0.3 is 10.1 Å².